The fourth-order valence-corrected chi connectivity index (χ4v) is 2.01. The monoisotopic (exact) mass is 231 g/mol. The first-order chi connectivity index (χ1) is 6.59. The minimum Gasteiger partial charge on any atom is -0.309 e. The van der Waals surface area contributed by atoms with Crippen molar-refractivity contribution in [3.8, 4) is 0 Å². The Hall–Kier alpha value is -0.380. The largest absolute Gasteiger partial charge is 0.309 e. The van der Waals surface area contributed by atoms with E-state index in [9.17, 15) is 4.79 Å². The number of Topliss-reactive ketones (excluding diaryl/α,β-unsaturated/α-hetero) is 1. The highest BCUT2D eigenvalue weighted by molar-refractivity contribution is 7.18. The molecule has 0 spiro atoms. The summed E-state index contributed by atoms with van der Waals surface area (Å²) in [6.07, 6.45) is 0. The van der Waals surface area contributed by atoms with E-state index in [1.54, 1.807) is 12.1 Å². The molecule has 0 unspecified atom stereocenters. The van der Waals surface area contributed by atoms with Gasteiger partial charge in [-0.25, -0.2) is 0 Å². The molecule has 0 bridgehead atoms. The molecule has 0 aliphatic heterocycles. The second kappa shape index (κ2) is 5.49. The highest BCUT2D eigenvalue weighted by atomic mass is 35.5. The molecule has 0 aliphatic carbocycles. The van der Waals surface area contributed by atoms with Crippen molar-refractivity contribution >= 4 is 28.7 Å². The maximum atomic E-state index is 11.5. The van der Waals surface area contributed by atoms with Crippen LogP contribution in [0, 0.1) is 5.92 Å². The number of rotatable bonds is 5. The minimum absolute atomic E-state index is 0.113. The Bertz CT molecular complexity index is 309. The van der Waals surface area contributed by atoms with Crippen LogP contribution < -0.4 is 5.32 Å². The van der Waals surface area contributed by atoms with E-state index in [-0.39, 0.29) is 5.78 Å². The van der Waals surface area contributed by atoms with E-state index >= 15 is 0 Å². The van der Waals surface area contributed by atoms with Gasteiger partial charge in [-0.3, -0.25) is 4.79 Å². The number of hydrogen-bond donors (Lipinski definition) is 1. The molecule has 0 aromatic carbocycles. The van der Waals surface area contributed by atoms with E-state index < -0.39 is 0 Å². The quantitative estimate of drug-likeness (QED) is 0.790. The average molecular weight is 232 g/mol. The molecular formula is C10H14ClNOS. The normalized spacial score (nSPS) is 10.9. The first-order valence-corrected chi connectivity index (χ1v) is 5.78. The van der Waals surface area contributed by atoms with Crippen LogP contribution in [0.3, 0.4) is 0 Å². The molecule has 78 valence electrons. The Morgan fingerprint density at radius 1 is 1.57 bits per heavy atom. The van der Waals surface area contributed by atoms with Gasteiger partial charge in [-0.1, -0.05) is 25.4 Å². The van der Waals surface area contributed by atoms with Crippen LogP contribution in [0.1, 0.15) is 23.5 Å². The molecule has 1 heterocycles. The van der Waals surface area contributed by atoms with Crippen molar-refractivity contribution in [2.45, 2.75) is 13.8 Å². The van der Waals surface area contributed by atoms with Gasteiger partial charge in [0, 0.05) is 0 Å². The van der Waals surface area contributed by atoms with Gasteiger partial charge in [0.25, 0.3) is 0 Å². The third kappa shape index (κ3) is 3.78. The second-order valence-electron chi connectivity index (χ2n) is 3.55. The van der Waals surface area contributed by atoms with Crippen LogP contribution in [-0.2, 0) is 0 Å². The van der Waals surface area contributed by atoms with Crippen LogP contribution in [0.4, 0.5) is 0 Å². The zero-order valence-corrected chi connectivity index (χ0v) is 9.91. The van der Waals surface area contributed by atoms with Crippen molar-refractivity contribution in [3.05, 3.63) is 21.3 Å². The third-order valence-electron chi connectivity index (χ3n) is 1.69. The molecule has 2 nitrogen and oxygen atoms in total. The molecule has 0 aliphatic rings. The maximum absolute atomic E-state index is 11.5. The van der Waals surface area contributed by atoms with Gasteiger partial charge < -0.3 is 5.32 Å². The third-order valence-corrected chi connectivity index (χ3v) is 2.96. The molecule has 0 amide bonds. The molecule has 4 heteroatoms. The van der Waals surface area contributed by atoms with Crippen LogP contribution in [0.2, 0.25) is 4.34 Å². The molecule has 0 fully saturated rings. The summed E-state index contributed by atoms with van der Waals surface area (Å²) in [7, 11) is 0. The van der Waals surface area contributed by atoms with E-state index in [1.807, 2.05) is 0 Å². The number of hydrogen-bond acceptors (Lipinski definition) is 3. The first kappa shape index (κ1) is 11.7. The molecule has 1 aromatic rings. The van der Waals surface area contributed by atoms with Gasteiger partial charge in [0.1, 0.15) is 0 Å². The lowest BCUT2D eigenvalue weighted by atomic mass is 10.2. The Labute approximate surface area is 93.3 Å². The number of nitrogens with one attached hydrogen (secondary N) is 1. The molecular weight excluding hydrogens is 218 g/mol. The van der Waals surface area contributed by atoms with Crippen LogP contribution in [-0.4, -0.2) is 18.9 Å². The summed E-state index contributed by atoms with van der Waals surface area (Å²) in [4.78, 5) is 12.3. The summed E-state index contributed by atoms with van der Waals surface area (Å²) in [5.74, 6) is 0.678. The van der Waals surface area contributed by atoms with E-state index in [0.29, 0.717) is 16.8 Å². The lowest BCUT2D eigenvalue weighted by Crippen LogP contribution is -2.26. The van der Waals surface area contributed by atoms with Gasteiger partial charge in [0.15, 0.2) is 5.78 Å². The van der Waals surface area contributed by atoms with Crippen LogP contribution in [0.25, 0.3) is 0 Å². The van der Waals surface area contributed by atoms with Crippen LogP contribution in [0.5, 0.6) is 0 Å². The summed E-state index contributed by atoms with van der Waals surface area (Å²) < 4.78 is 0.664. The number of carbonyl (C=O) groups is 1. The zero-order valence-electron chi connectivity index (χ0n) is 8.34. The molecule has 0 saturated heterocycles. The van der Waals surface area contributed by atoms with Crippen molar-refractivity contribution < 1.29 is 4.79 Å². The molecule has 0 atom stereocenters. The number of carbonyl (C=O) groups excluding carboxylic acids is 1. The van der Waals surface area contributed by atoms with Crippen molar-refractivity contribution in [2.75, 3.05) is 13.1 Å². The predicted octanol–water partition coefficient (Wildman–Crippen LogP) is 2.83. The second-order valence-corrected chi connectivity index (χ2v) is 5.27. The Balaban J connectivity index is 2.36. The van der Waals surface area contributed by atoms with E-state index in [4.69, 9.17) is 11.6 Å². The Morgan fingerprint density at radius 2 is 2.29 bits per heavy atom. The zero-order chi connectivity index (χ0) is 10.6. The number of ketones is 1. The first-order valence-electron chi connectivity index (χ1n) is 4.59. The van der Waals surface area contributed by atoms with Gasteiger partial charge >= 0.3 is 0 Å². The molecule has 0 radical (unpaired) electrons. The van der Waals surface area contributed by atoms with E-state index in [2.05, 4.69) is 19.2 Å². The van der Waals surface area contributed by atoms with E-state index in [1.165, 1.54) is 11.3 Å². The Morgan fingerprint density at radius 3 is 2.79 bits per heavy atom. The highest BCUT2D eigenvalue weighted by Crippen LogP contribution is 2.21. The fourth-order valence-electron chi connectivity index (χ4n) is 1.03. The lowest BCUT2D eigenvalue weighted by Gasteiger charge is -2.05. The fraction of sp³-hybridized carbons (Fsp3) is 0.500. The summed E-state index contributed by atoms with van der Waals surface area (Å²) in [5, 5.41) is 3.11. The topological polar surface area (TPSA) is 29.1 Å². The van der Waals surface area contributed by atoms with Gasteiger partial charge in [-0.15, -0.1) is 11.3 Å². The molecule has 14 heavy (non-hydrogen) atoms. The summed E-state index contributed by atoms with van der Waals surface area (Å²) in [6.45, 7) is 5.48. The summed E-state index contributed by atoms with van der Waals surface area (Å²) >= 11 is 7.07. The standard InChI is InChI=1S/C10H14ClNOS/c1-7(2)5-12-6-8(13)9-3-4-10(11)14-9/h3-4,7,12H,5-6H2,1-2H3. The molecule has 0 saturated carbocycles. The molecule has 1 N–H and O–H groups in total. The van der Waals surface area contributed by atoms with Crippen molar-refractivity contribution in [3.63, 3.8) is 0 Å². The van der Waals surface area contributed by atoms with Gasteiger partial charge in [0.2, 0.25) is 0 Å². The van der Waals surface area contributed by atoms with Crippen LogP contribution >= 0.6 is 22.9 Å². The van der Waals surface area contributed by atoms with Crippen LogP contribution in [0.15, 0.2) is 12.1 Å². The van der Waals surface area contributed by atoms with Gasteiger partial charge in [-0.05, 0) is 24.6 Å². The number of halogens is 1. The smallest absolute Gasteiger partial charge is 0.186 e. The molecule has 1 rings (SSSR count). The SMILES string of the molecule is CC(C)CNCC(=O)c1ccc(Cl)s1. The summed E-state index contributed by atoms with van der Waals surface area (Å²) in [6, 6.07) is 3.52. The van der Waals surface area contributed by atoms with Crippen molar-refractivity contribution in [1.29, 1.82) is 0 Å². The van der Waals surface area contributed by atoms with Crippen molar-refractivity contribution in [1.82, 2.24) is 5.32 Å². The number of thiophene rings is 1. The maximum Gasteiger partial charge on any atom is 0.186 e. The predicted molar refractivity (Wildman–Crippen MR) is 61.4 cm³/mol. The van der Waals surface area contributed by atoms with Crippen molar-refractivity contribution in [2.24, 2.45) is 5.92 Å². The van der Waals surface area contributed by atoms with Gasteiger partial charge in [-0.2, -0.15) is 0 Å². The average Bonchev–Trinajstić information content (AvgIpc) is 2.51. The van der Waals surface area contributed by atoms with Gasteiger partial charge in [0.05, 0.1) is 15.8 Å². The lowest BCUT2D eigenvalue weighted by molar-refractivity contribution is 0.0994. The van der Waals surface area contributed by atoms with E-state index in [0.717, 1.165) is 11.4 Å². The Kier molecular flexibility index (Phi) is 4.58. The highest BCUT2D eigenvalue weighted by Gasteiger charge is 2.07. The minimum atomic E-state index is 0.113. The molecule has 1 aromatic heterocycles. The summed E-state index contributed by atoms with van der Waals surface area (Å²) in [5.41, 5.74) is 0.